The Morgan fingerprint density at radius 1 is 1.21 bits per heavy atom. The summed E-state index contributed by atoms with van der Waals surface area (Å²) in [6, 6.07) is 7.63. The lowest BCUT2D eigenvalue weighted by atomic mass is 9.73. The second-order valence-electron chi connectivity index (χ2n) is 5.68. The molecular formula is C14H22BBrO3. The summed E-state index contributed by atoms with van der Waals surface area (Å²) in [6.45, 7) is 6.88. The Balaban J connectivity index is 2.92. The van der Waals surface area contributed by atoms with Crippen molar-refractivity contribution < 1.29 is 14.8 Å². The van der Waals surface area contributed by atoms with E-state index in [0.29, 0.717) is 0 Å². The number of benzene rings is 1. The van der Waals surface area contributed by atoms with Crippen molar-refractivity contribution in [3.8, 4) is 0 Å². The predicted molar refractivity (Wildman–Crippen MR) is 83.0 cm³/mol. The van der Waals surface area contributed by atoms with Gasteiger partial charge in [-0.1, -0.05) is 40.2 Å². The monoisotopic (exact) mass is 328 g/mol. The third-order valence-electron chi connectivity index (χ3n) is 3.56. The van der Waals surface area contributed by atoms with Gasteiger partial charge >= 0.3 is 7.12 Å². The Labute approximate surface area is 124 Å². The molecular weight excluding hydrogens is 307 g/mol. The first-order chi connectivity index (χ1) is 8.69. The van der Waals surface area contributed by atoms with Crippen molar-refractivity contribution in [2.45, 2.75) is 45.3 Å². The van der Waals surface area contributed by atoms with Gasteiger partial charge in [-0.2, -0.15) is 0 Å². The van der Waals surface area contributed by atoms with E-state index in [4.69, 9.17) is 4.65 Å². The van der Waals surface area contributed by atoms with Crippen LogP contribution in [0.2, 0.25) is 0 Å². The van der Waals surface area contributed by atoms with E-state index in [0.717, 1.165) is 22.8 Å². The number of halogens is 1. The van der Waals surface area contributed by atoms with Crippen LogP contribution in [-0.4, -0.2) is 33.8 Å². The van der Waals surface area contributed by atoms with E-state index in [1.807, 2.05) is 24.3 Å². The third kappa shape index (κ3) is 4.31. The number of rotatable bonds is 6. The molecule has 19 heavy (non-hydrogen) atoms. The topological polar surface area (TPSA) is 49.7 Å². The van der Waals surface area contributed by atoms with E-state index in [-0.39, 0.29) is 0 Å². The first kappa shape index (κ1) is 16.7. The molecule has 1 rings (SSSR count). The first-order valence-corrected chi connectivity index (χ1v) is 7.53. The van der Waals surface area contributed by atoms with Crippen LogP contribution in [0.15, 0.2) is 24.3 Å². The van der Waals surface area contributed by atoms with E-state index in [9.17, 15) is 10.1 Å². The molecule has 1 aromatic carbocycles. The van der Waals surface area contributed by atoms with Crippen LogP contribution in [0.25, 0.3) is 0 Å². The minimum absolute atomic E-state index is 0.749. The lowest BCUT2D eigenvalue weighted by molar-refractivity contribution is -0.0982. The molecule has 0 aliphatic carbocycles. The maximum absolute atomic E-state index is 10.3. The summed E-state index contributed by atoms with van der Waals surface area (Å²) in [4.78, 5) is 0. The minimum Gasteiger partial charge on any atom is -0.423 e. The van der Waals surface area contributed by atoms with E-state index < -0.39 is 18.3 Å². The maximum atomic E-state index is 10.3. The smallest absolute Gasteiger partial charge is 0.423 e. The fourth-order valence-corrected chi connectivity index (χ4v) is 2.02. The number of alkyl halides is 1. The Kier molecular flexibility index (Phi) is 5.62. The Morgan fingerprint density at radius 2 is 1.79 bits per heavy atom. The van der Waals surface area contributed by atoms with Gasteiger partial charge < -0.3 is 14.8 Å². The second-order valence-corrected chi connectivity index (χ2v) is 6.47. The molecule has 0 fully saturated rings. The van der Waals surface area contributed by atoms with Crippen molar-refractivity contribution in [2.24, 2.45) is 0 Å². The zero-order valence-electron chi connectivity index (χ0n) is 12.0. The summed E-state index contributed by atoms with van der Waals surface area (Å²) >= 11 is 3.40. The van der Waals surface area contributed by atoms with Gasteiger partial charge in [0.1, 0.15) is 0 Å². The van der Waals surface area contributed by atoms with Gasteiger partial charge in [-0.25, -0.2) is 0 Å². The molecule has 0 spiro atoms. The molecule has 0 amide bonds. The molecule has 0 radical (unpaired) electrons. The van der Waals surface area contributed by atoms with Gasteiger partial charge in [0, 0.05) is 5.33 Å². The summed E-state index contributed by atoms with van der Waals surface area (Å²) in [7, 11) is -1.04. The molecule has 5 heteroatoms. The van der Waals surface area contributed by atoms with Crippen LogP contribution in [0.1, 0.15) is 33.3 Å². The second kappa shape index (κ2) is 6.40. The van der Waals surface area contributed by atoms with Crippen LogP contribution in [0, 0.1) is 0 Å². The first-order valence-electron chi connectivity index (χ1n) is 6.41. The molecule has 1 aromatic rings. The molecule has 0 aliphatic rings. The van der Waals surface area contributed by atoms with Crippen molar-refractivity contribution in [3.05, 3.63) is 29.8 Å². The minimum atomic E-state index is -1.04. The quantitative estimate of drug-likeness (QED) is 0.619. The van der Waals surface area contributed by atoms with Crippen LogP contribution >= 0.6 is 15.9 Å². The highest BCUT2D eigenvalue weighted by Gasteiger charge is 2.39. The maximum Gasteiger partial charge on any atom is 0.491 e. The molecule has 3 nitrogen and oxygen atoms in total. The number of hydrogen-bond donors (Lipinski definition) is 2. The van der Waals surface area contributed by atoms with Gasteiger partial charge in [-0.15, -0.1) is 0 Å². The highest BCUT2D eigenvalue weighted by atomic mass is 79.9. The van der Waals surface area contributed by atoms with Crippen molar-refractivity contribution in [1.82, 2.24) is 0 Å². The molecule has 0 saturated carbocycles. The van der Waals surface area contributed by atoms with Gasteiger partial charge in [-0.3, -0.25) is 0 Å². The molecule has 0 aromatic heterocycles. The molecule has 106 valence electrons. The third-order valence-corrected chi connectivity index (χ3v) is 3.96. The number of hydrogen-bond acceptors (Lipinski definition) is 3. The van der Waals surface area contributed by atoms with Crippen LogP contribution in [0.4, 0.5) is 0 Å². The van der Waals surface area contributed by atoms with Gasteiger partial charge in [0.05, 0.1) is 11.2 Å². The Morgan fingerprint density at radius 3 is 2.32 bits per heavy atom. The molecule has 0 aliphatic heterocycles. The molecule has 0 bridgehead atoms. The summed E-state index contributed by atoms with van der Waals surface area (Å²) in [5.74, 6) is 0. The van der Waals surface area contributed by atoms with Crippen molar-refractivity contribution in [2.75, 3.05) is 5.33 Å². The standard InChI is InChI=1S/C14H22BBrO3/c1-13(2,17)14(3,4)19-15(18)12-8-6-5-7-11(12)9-10-16/h5-8,17-18H,9-10H2,1-4H3. The number of aliphatic hydroxyl groups is 1. The Hall–Kier alpha value is -0.355. The van der Waals surface area contributed by atoms with Crippen LogP contribution in [0.3, 0.4) is 0 Å². The zero-order valence-corrected chi connectivity index (χ0v) is 13.6. The zero-order chi connectivity index (χ0) is 14.7. The average Bonchev–Trinajstić information content (AvgIpc) is 2.28. The van der Waals surface area contributed by atoms with Crippen LogP contribution < -0.4 is 5.46 Å². The summed E-state index contributed by atoms with van der Waals surface area (Å²) in [5.41, 5.74) is -0.107. The molecule has 2 N–H and O–H groups in total. The summed E-state index contributed by atoms with van der Waals surface area (Å²) in [5, 5.41) is 21.2. The van der Waals surface area contributed by atoms with Gasteiger partial charge in [-0.05, 0) is 45.1 Å². The van der Waals surface area contributed by atoms with E-state index in [1.54, 1.807) is 27.7 Å². The van der Waals surface area contributed by atoms with E-state index in [1.165, 1.54) is 0 Å². The van der Waals surface area contributed by atoms with Crippen LogP contribution in [-0.2, 0) is 11.1 Å². The normalized spacial score (nSPS) is 12.6. The summed E-state index contributed by atoms with van der Waals surface area (Å²) < 4.78 is 5.67. The van der Waals surface area contributed by atoms with Gasteiger partial charge in [0.15, 0.2) is 0 Å². The SMILES string of the molecule is CC(C)(O)C(C)(C)OB(O)c1ccccc1CCBr. The highest BCUT2D eigenvalue weighted by Crippen LogP contribution is 2.25. The fourth-order valence-electron chi connectivity index (χ4n) is 1.59. The molecule has 0 unspecified atom stereocenters. The lowest BCUT2D eigenvalue weighted by Gasteiger charge is -2.38. The van der Waals surface area contributed by atoms with Crippen molar-refractivity contribution >= 4 is 28.5 Å². The molecule has 0 saturated heterocycles. The fraction of sp³-hybridized carbons (Fsp3) is 0.571. The molecule has 0 atom stereocenters. The van der Waals surface area contributed by atoms with Gasteiger partial charge in [0.2, 0.25) is 0 Å². The van der Waals surface area contributed by atoms with Crippen molar-refractivity contribution in [1.29, 1.82) is 0 Å². The average molecular weight is 329 g/mol. The number of aryl methyl sites for hydroxylation is 1. The Bertz CT molecular complexity index is 415. The van der Waals surface area contributed by atoms with Crippen LogP contribution in [0.5, 0.6) is 0 Å². The van der Waals surface area contributed by atoms with E-state index in [2.05, 4.69) is 15.9 Å². The molecule has 0 heterocycles. The predicted octanol–water partition coefficient (Wildman–Crippen LogP) is 1.88. The highest BCUT2D eigenvalue weighted by molar-refractivity contribution is 9.09. The van der Waals surface area contributed by atoms with E-state index >= 15 is 0 Å². The van der Waals surface area contributed by atoms with Gasteiger partial charge in [0.25, 0.3) is 0 Å². The van der Waals surface area contributed by atoms with Crippen molar-refractivity contribution in [3.63, 3.8) is 0 Å². The lowest BCUT2D eigenvalue weighted by Crippen LogP contribution is -2.53. The largest absolute Gasteiger partial charge is 0.491 e. The summed E-state index contributed by atoms with van der Waals surface area (Å²) in [6.07, 6.45) is 0.819.